The normalized spacial score (nSPS) is 14.7. The minimum absolute atomic E-state index is 0.638. The van der Waals surface area contributed by atoms with Crippen LogP contribution in [0.1, 0.15) is 18.1 Å². The summed E-state index contributed by atoms with van der Waals surface area (Å²) < 4.78 is 0.954. The van der Waals surface area contributed by atoms with Gasteiger partial charge in [-0.05, 0) is 40.9 Å². The van der Waals surface area contributed by atoms with E-state index in [2.05, 4.69) is 27.4 Å². The summed E-state index contributed by atoms with van der Waals surface area (Å²) in [4.78, 5) is 0. The lowest BCUT2D eigenvalue weighted by Gasteiger charge is -2.24. The van der Waals surface area contributed by atoms with Gasteiger partial charge in [0.25, 0.3) is 0 Å². The fourth-order valence-electron chi connectivity index (χ4n) is 1.78. The van der Waals surface area contributed by atoms with Gasteiger partial charge in [0, 0.05) is 10.9 Å². The summed E-state index contributed by atoms with van der Waals surface area (Å²) in [5.41, 5.74) is 1.27. The first-order valence-corrected chi connectivity index (χ1v) is 6.81. The first-order chi connectivity index (χ1) is 7.59. The van der Waals surface area contributed by atoms with E-state index in [4.69, 9.17) is 0 Å². The van der Waals surface area contributed by atoms with Crippen LogP contribution in [0.3, 0.4) is 0 Å². The molecule has 1 aromatic carbocycles. The fraction of sp³-hybridized carbons (Fsp3) is 0.231. The van der Waals surface area contributed by atoms with Crippen molar-refractivity contribution in [3.8, 4) is 0 Å². The first-order valence-electron chi connectivity index (χ1n) is 5.08. The minimum Gasteiger partial charge on any atom is -0.385 e. The molecule has 0 amide bonds. The van der Waals surface area contributed by atoms with Crippen molar-refractivity contribution < 1.29 is 5.11 Å². The molecule has 0 radical (unpaired) electrons. The third-order valence-corrected chi connectivity index (χ3v) is 4.01. The number of hydrogen-bond acceptors (Lipinski definition) is 2. The second-order valence-corrected chi connectivity index (χ2v) is 5.70. The standard InChI is InChI=1S/C13H13BrOS/c1-13(15,8-10-6-7-16-9-10)11-4-2-3-5-12(11)14/h2-7,9,15H,8H2,1H3. The van der Waals surface area contributed by atoms with Crippen LogP contribution in [0.2, 0.25) is 0 Å². The molecule has 84 valence electrons. The molecule has 1 aromatic heterocycles. The highest BCUT2D eigenvalue weighted by Gasteiger charge is 2.25. The number of benzene rings is 1. The predicted molar refractivity (Wildman–Crippen MR) is 71.7 cm³/mol. The lowest BCUT2D eigenvalue weighted by atomic mass is 9.90. The molecule has 0 fully saturated rings. The molecule has 1 unspecified atom stereocenters. The maximum absolute atomic E-state index is 10.5. The summed E-state index contributed by atoms with van der Waals surface area (Å²) >= 11 is 5.14. The van der Waals surface area contributed by atoms with E-state index in [1.54, 1.807) is 11.3 Å². The summed E-state index contributed by atoms with van der Waals surface area (Å²) in [6, 6.07) is 9.86. The van der Waals surface area contributed by atoms with Crippen LogP contribution in [0.25, 0.3) is 0 Å². The average Bonchev–Trinajstić information content (AvgIpc) is 2.70. The zero-order valence-electron chi connectivity index (χ0n) is 8.98. The fourth-order valence-corrected chi connectivity index (χ4v) is 3.16. The van der Waals surface area contributed by atoms with E-state index in [0.717, 1.165) is 10.0 Å². The van der Waals surface area contributed by atoms with Crippen LogP contribution in [0.5, 0.6) is 0 Å². The van der Waals surface area contributed by atoms with Crippen LogP contribution in [-0.2, 0) is 12.0 Å². The van der Waals surface area contributed by atoms with Gasteiger partial charge >= 0.3 is 0 Å². The van der Waals surface area contributed by atoms with E-state index >= 15 is 0 Å². The molecule has 1 nitrogen and oxygen atoms in total. The zero-order chi connectivity index (χ0) is 11.6. The Labute approximate surface area is 108 Å². The Hall–Kier alpha value is -0.640. The SMILES string of the molecule is CC(O)(Cc1ccsc1)c1ccccc1Br. The van der Waals surface area contributed by atoms with Crippen LogP contribution in [-0.4, -0.2) is 5.11 Å². The molecule has 1 heterocycles. The van der Waals surface area contributed by atoms with Gasteiger partial charge in [0.15, 0.2) is 0 Å². The molecule has 1 atom stereocenters. The number of aliphatic hydroxyl groups is 1. The van der Waals surface area contributed by atoms with Gasteiger partial charge in [-0.25, -0.2) is 0 Å². The lowest BCUT2D eigenvalue weighted by molar-refractivity contribution is 0.0570. The van der Waals surface area contributed by atoms with Gasteiger partial charge in [-0.3, -0.25) is 0 Å². The van der Waals surface area contributed by atoms with Crippen LogP contribution in [0, 0.1) is 0 Å². The zero-order valence-corrected chi connectivity index (χ0v) is 11.4. The molecule has 2 aromatic rings. The van der Waals surface area contributed by atoms with E-state index in [1.165, 1.54) is 5.56 Å². The monoisotopic (exact) mass is 296 g/mol. The third kappa shape index (κ3) is 2.54. The van der Waals surface area contributed by atoms with E-state index in [-0.39, 0.29) is 0 Å². The molecule has 0 aliphatic heterocycles. The summed E-state index contributed by atoms with van der Waals surface area (Å²) in [6.45, 7) is 1.85. The van der Waals surface area contributed by atoms with E-state index in [9.17, 15) is 5.11 Å². The number of halogens is 1. The molecule has 0 aliphatic carbocycles. The van der Waals surface area contributed by atoms with Gasteiger partial charge in [0.1, 0.15) is 0 Å². The van der Waals surface area contributed by atoms with Crippen molar-refractivity contribution in [1.82, 2.24) is 0 Å². The van der Waals surface area contributed by atoms with Gasteiger partial charge < -0.3 is 5.11 Å². The smallest absolute Gasteiger partial charge is 0.0919 e. The topological polar surface area (TPSA) is 20.2 Å². The van der Waals surface area contributed by atoms with Crippen molar-refractivity contribution in [3.05, 3.63) is 56.7 Å². The Kier molecular flexibility index (Phi) is 3.47. The highest BCUT2D eigenvalue weighted by atomic mass is 79.9. The maximum Gasteiger partial charge on any atom is 0.0919 e. The van der Waals surface area contributed by atoms with Crippen LogP contribution >= 0.6 is 27.3 Å². The summed E-state index contributed by atoms with van der Waals surface area (Å²) in [5, 5.41) is 14.6. The second-order valence-electron chi connectivity index (χ2n) is 4.06. The van der Waals surface area contributed by atoms with Crippen molar-refractivity contribution in [2.24, 2.45) is 0 Å². The van der Waals surface area contributed by atoms with Gasteiger partial charge in [0.2, 0.25) is 0 Å². The maximum atomic E-state index is 10.5. The molecule has 2 rings (SSSR count). The van der Waals surface area contributed by atoms with Crippen molar-refractivity contribution in [2.45, 2.75) is 18.9 Å². The third-order valence-electron chi connectivity index (χ3n) is 2.58. The molecule has 1 N–H and O–H groups in total. The quantitative estimate of drug-likeness (QED) is 0.909. The first kappa shape index (κ1) is 11.8. The molecule has 0 aliphatic rings. The minimum atomic E-state index is -0.832. The van der Waals surface area contributed by atoms with E-state index in [0.29, 0.717) is 6.42 Å². The van der Waals surface area contributed by atoms with Crippen LogP contribution in [0.15, 0.2) is 45.6 Å². The van der Waals surface area contributed by atoms with E-state index < -0.39 is 5.60 Å². The Morgan fingerprint density at radius 3 is 2.69 bits per heavy atom. The lowest BCUT2D eigenvalue weighted by Crippen LogP contribution is -2.24. The highest BCUT2D eigenvalue weighted by molar-refractivity contribution is 9.10. The number of rotatable bonds is 3. The summed E-state index contributed by atoms with van der Waals surface area (Å²) in [6.07, 6.45) is 0.638. The Morgan fingerprint density at radius 1 is 1.31 bits per heavy atom. The molecule has 3 heteroatoms. The largest absolute Gasteiger partial charge is 0.385 e. The average molecular weight is 297 g/mol. The van der Waals surface area contributed by atoms with Crippen molar-refractivity contribution in [3.63, 3.8) is 0 Å². The highest BCUT2D eigenvalue weighted by Crippen LogP contribution is 2.31. The molecule has 0 saturated carbocycles. The molecule has 0 bridgehead atoms. The van der Waals surface area contributed by atoms with Crippen molar-refractivity contribution >= 4 is 27.3 Å². The van der Waals surface area contributed by atoms with Crippen LogP contribution in [0.4, 0.5) is 0 Å². The molecular formula is C13H13BrOS. The molecule has 16 heavy (non-hydrogen) atoms. The van der Waals surface area contributed by atoms with Gasteiger partial charge in [-0.1, -0.05) is 34.1 Å². The predicted octanol–water partition coefficient (Wildman–Crippen LogP) is 3.96. The Balaban J connectivity index is 2.28. The van der Waals surface area contributed by atoms with Gasteiger partial charge in [0.05, 0.1) is 5.60 Å². The van der Waals surface area contributed by atoms with Gasteiger partial charge in [-0.15, -0.1) is 0 Å². The Morgan fingerprint density at radius 2 is 2.06 bits per heavy atom. The second kappa shape index (κ2) is 4.70. The Bertz CT molecular complexity index is 463. The van der Waals surface area contributed by atoms with E-state index in [1.807, 2.05) is 36.6 Å². The number of hydrogen-bond donors (Lipinski definition) is 1. The summed E-state index contributed by atoms with van der Waals surface area (Å²) in [7, 11) is 0. The molecule has 0 spiro atoms. The number of thiophene rings is 1. The molecule has 0 saturated heterocycles. The molecular weight excluding hydrogens is 284 g/mol. The summed E-state index contributed by atoms with van der Waals surface area (Å²) in [5.74, 6) is 0. The van der Waals surface area contributed by atoms with Crippen LogP contribution < -0.4 is 0 Å². The van der Waals surface area contributed by atoms with Crippen molar-refractivity contribution in [1.29, 1.82) is 0 Å². The van der Waals surface area contributed by atoms with Crippen molar-refractivity contribution in [2.75, 3.05) is 0 Å². The van der Waals surface area contributed by atoms with Gasteiger partial charge in [-0.2, -0.15) is 11.3 Å².